The molecule has 1 aliphatic heterocycles. The van der Waals surface area contributed by atoms with Crippen molar-refractivity contribution in [3.05, 3.63) is 95.1 Å². The Labute approximate surface area is 230 Å². The summed E-state index contributed by atoms with van der Waals surface area (Å²) < 4.78 is 10.5. The van der Waals surface area contributed by atoms with Gasteiger partial charge in [0.1, 0.15) is 5.75 Å². The third-order valence-corrected chi connectivity index (χ3v) is 6.99. The number of nitrogens with zero attached hydrogens (tertiary/aromatic N) is 2. The van der Waals surface area contributed by atoms with Crippen molar-refractivity contribution in [2.45, 2.75) is 39.7 Å². The van der Waals surface area contributed by atoms with Gasteiger partial charge in [-0.15, -0.1) is 0 Å². The summed E-state index contributed by atoms with van der Waals surface area (Å²) in [5, 5.41) is 0. The highest BCUT2D eigenvalue weighted by Crippen LogP contribution is 2.25. The van der Waals surface area contributed by atoms with Crippen LogP contribution in [0, 0.1) is 12.8 Å². The van der Waals surface area contributed by atoms with Gasteiger partial charge in [-0.1, -0.05) is 48.0 Å². The Kier molecular flexibility index (Phi) is 9.36. The SMILES string of the molecule is CCOC(=O)[C@H]1CCCN(C(=O)Cc2cccc(N(Cc3ccc(C)cc3)C(=O)c3cccc(OC)c3)c2)C1. The highest BCUT2D eigenvalue weighted by Gasteiger charge is 2.29. The maximum absolute atomic E-state index is 13.8. The van der Waals surface area contributed by atoms with E-state index in [9.17, 15) is 14.4 Å². The Bertz CT molecular complexity index is 1300. The predicted molar refractivity (Wildman–Crippen MR) is 151 cm³/mol. The second-order valence-corrected chi connectivity index (χ2v) is 9.89. The van der Waals surface area contributed by atoms with Crippen LogP contribution in [0.5, 0.6) is 5.75 Å². The molecule has 204 valence electrons. The van der Waals surface area contributed by atoms with Crippen LogP contribution in [0.1, 0.15) is 46.8 Å². The van der Waals surface area contributed by atoms with Crippen molar-refractivity contribution in [2.75, 3.05) is 31.7 Å². The van der Waals surface area contributed by atoms with Gasteiger partial charge in [0.15, 0.2) is 0 Å². The Hall–Kier alpha value is -4.13. The third-order valence-electron chi connectivity index (χ3n) is 6.99. The van der Waals surface area contributed by atoms with Crippen LogP contribution in [-0.4, -0.2) is 49.5 Å². The number of ether oxygens (including phenoxy) is 2. The van der Waals surface area contributed by atoms with Crippen LogP contribution in [0.2, 0.25) is 0 Å². The summed E-state index contributed by atoms with van der Waals surface area (Å²) in [5.74, 6) is -0.103. The molecule has 7 nitrogen and oxygen atoms in total. The summed E-state index contributed by atoms with van der Waals surface area (Å²) in [6.45, 7) is 5.54. The number of likely N-dealkylation sites (tertiary alicyclic amines) is 1. The smallest absolute Gasteiger partial charge is 0.310 e. The van der Waals surface area contributed by atoms with Crippen LogP contribution < -0.4 is 9.64 Å². The monoisotopic (exact) mass is 528 g/mol. The van der Waals surface area contributed by atoms with Crippen molar-refractivity contribution in [1.29, 1.82) is 0 Å². The summed E-state index contributed by atoms with van der Waals surface area (Å²) in [5.41, 5.74) is 4.17. The molecule has 0 aliphatic carbocycles. The lowest BCUT2D eigenvalue weighted by Crippen LogP contribution is -2.43. The molecule has 0 unspecified atom stereocenters. The second kappa shape index (κ2) is 13.1. The molecule has 1 atom stereocenters. The van der Waals surface area contributed by atoms with E-state index in [0.717, 1.165) is 29.5 Å². The molecule has 0 saturated carbocycles. The van der Waals surface area contributed by atoms with E-state index in [1.165, 1.54) is 0 Å². The first-order chi connectivity index (χ1) is 18.9. The molecule has 1 saturated heterocycles. The van der Waals surface area contributed by atoms with Crippen molar-refractivity contribution >= 4 is 23.5 Å². The van der Waals surface area contributed by atoms with Gasteiger partial charge < -0.3 is 19.3 Å². The number of benzene rings is 3. The van der Waals surface area contributed by atoms with E-state index >= 15 is 0 Å². The van der Waals surface area contributed by atoms with Crippen molar-refractivity contribution < 1.29 is 23.9 Å². The number of hydrogen-bond acceptors (Lipinski definition) is 5. The molecular weight excluding hydrogens is 492 g/mol. The fourth-order valence-corrected chi connectivity index (χ4v) is 4.85. The van der Waals surface area contributed by atoms with Gasteiger partial charge in [-0.25, -0.2) is 0 Å². The van der Waals surface area contributed by atoms with E-state index in [1.807, 2.05) is 55.5 Å². The minimum atomic E-state index is -0.278. The molecule has 0 aromatic heterocycles. The average molecular weight is 529 g/mol. The highest BCUT2D eigenvalue weighted by molar-refractivity contribution is 6.06. The number of piperidine rings is 1. The van der Waals surface area contributed by atoms with Crippen LogP contribution >= 0.6 is 0 Å². The second-order valence-electron chi connectivity index (χ2n) is 9.89. The molecule has 0 bridgehead atoms. The minimum Gasteiger partial charge on any atom is -0.497 e. The Morgan fingerprint density at radius 1 is 0.974 bits per heavy atom. The van der Waals surface area contributed by atoms with Gasteiger partial charge in [-0.2, -0.15) is 0 Å². The van der Waals surface area contributed by atoms with Crippen LogP contribution in [0.25, 0.3) is 0 Å². The van der Waals surface area contributed by atoms with Crippen LogP contribution in [0.3, 0.4) is 0 Å². The van der Waals surface area contributed by atoms with Gasteiger partial charge in [0.25, 0.3) is 5.91 Å². The van der Waals surface area contributed by atoms with Crippen molar-refractivity contribution in [1.82, 2.24) is 4.90 Å². The fraction of sp³-hybridized carbons (Fsp3) is 0.344. The van der Waals surface area contributed by atoms with E-state index in [1.54, 1.807) is 48.1 Å². The highest BCUT2D eigenvalue weighted by atomic mass is 16.5. The van der Waals surface area contributed by atoms with E-state index in [-0.39, 0.29) is 30.1 Å². The van der Waals surface area contributed by atoms with Crippen molar-refractivity contribution in [3.63, 3.8) is 0 Å². The number of carbonyl (C=O) groups excluding carboxylic acids is 3. The number of carbonyl (C=O) groups is 3. The van der Waals surface area contributed by atoms with Gasteiger partial charge in [-0.05, 0) is 68.1 Å². The maximum atomic E-state index is 13.8. The molecule has 0 radical (unpaired) electrons. The summed E-state index contributed by atoms with van der Waals surface area (Å²) in [6, 6.07) is 22.8. The molecule has 0 N–H and O–H groups in total. The molecule has 2 amide bonds. The number of amides is 2. The minimum absolute atomic E-state index is 0.0367. The first-order valence-electron chi connectivity index (χ1n) is 13.4. The van der Waals surface area contributed by atoms with E-state index in [0.29, 0.717) is 43.2 Å². The molecule has 1 heterocycles. The third kappa shape index (κ3) is 7.25. The average Bonchev–Trinajstić information content (AvgIpc) is 2.97. The maximum Gasteiger partial charge on any atom is 0.310 e. The molecule has 39 heavy (non-hydrogen) atoms. The molecule has 3 aromatic carbocycles. The Morgan fingerprint density at radius 3 is 2.49 bits per heavy atom. The summed E-state index contributed by atoms with van der Waals surface area (Å²) in [4.78, 5) is 42.7. The lowest BCUT2D eigenvalue weighted by molar-refractivity contribution is -0.151. The number of esters is 1. The molecule has 0 spiro atoms. The lowest BCUT2D eigenvalue weighted by atomic mass is 9.97. The lowest BCUT2D eigenvalue weighted by Gasteiger charge is -2.31. The van der Waals surface area contributed by atoms with Crippen molar-refractivity contribution in [2.24, 2.45) is 5.92 Å². The number of rotatable bonds is 9. The first-order valence-corrected chi connectivity index (χ1v) is 13.4. The quantitative estimate of drug-likeness (QED) is 0.357. The molecular formula is C32H36N2O5. The number of hydrogen-bond donors (Lipinski definition) is 0. The van der Waals surface area contributed by atoms with E-state index in [4.69, 9.17) is 9.47 Å². The summed E-state index contributed by atoms with van der Waals surface area (Å²) in [6.07, 6.45) is 1.70. The normalized spacial score (nSPS) is 14.9. The molecule has 1 fully saturated rings. The van der Waals surface area contributed by atoms with Crippen LogP contribution in [-0.2, 0) is 27.3 Å². The molecule has 7 heteroatoms. The zero-order chi connectivity index (χ0) is 27.8. The largest absolute Gasteiger partial charge is 0.497 e. The Balaban J connectivity index is 1.56. The molecule has 4 rings (SSSR count). The number of aryl methyl sites for hydroxylation is 1. The van der Waals surface area contributed by atoms with Crippen molar-refractivity contribution in [3.8, 4) is 5.75 Å². The zero-order valence-corrected chi connectivity index (χ0v) is 22.9. The van der Waals surface area contributed by atoms with Gasteiger partial charge >= 0.3 is 5.97 Å². The number of anilines is 1. The first kappa shape index (κ1) is 27.9. The van der Waals surface area contributed by atoms with Gasteiger partial charge in [-0.3, -0.25) is 14.4 Å². The van der Waals surface area contributed by atoms with Gasteiger partial charge in [0.2, 0.25) is 5.91 Å². The van der Waals surface area contributed by atoms with Crippen LogP contribution in [0.15, 0.2) is 72.8 Å². The van der Waals surface area contributed by atoms with Gasteiger partial charge in [0.05, 0.1) is 32.6 Å². The van der Waals surface area contributed by atoms with Crippen LogP contribution in [0.4, 0.5) is 5.69 Å². The van der Waals surface area contributed by atoms with Gasteiger partial charge in [0, 0.05) is 24.3 Å². The molecule has 1 aliphatic rings. The zero-order valence-electron chi connectivity index (χ0n) is 22.9. The topological polar surface area (TPSA) is 76.2 Å². The standard InChI is InChI=1S/C32H36N2O5/c1-4-39-32(37)27-10-7-17-33(22-27)30(35)19-25-8-5-11-28(18-25)34(21-24-15-13-23(2)14-16-24)31(36)26-9-6-12-29(20-26)38-3/h5-6,8-9,11-16,18,20,27H,4,7,10,17,19,21-22H2,1-3H3/t27-/m0/s1. The Morgan fingerprint density at radius 2 is 1.74 bits per heavy atom. The summed E-state index contributed by atoms with van der Waals surface area (Å²) in [7, 11) is 1.57. The molecule has 3 aromatic rings. The summed E-state index contributed by atoms with van der Waals surface area (Å²) >= 11 is 0. The predicted octanol–water partition coefficient (Wildman–Crippen LogP) is 5.19. The fourth-order valence-electron chi connectivity index (χ4n) is 4.85. The van der Waals surface area contributed by atoms with E-state index in [2.05, 4.69) is 0 Å². The van der Waals surface area contributed by atoms with E-state index < -0.39 is 0 Å². The number of methoxy groups -OCH3 is 1.